The van der Waals surface area contributed by atoms with E-state index in [0.717, 1.165) is 117 Å². The highest BCUT2D eigenvalue weighted by molar-refractivity contribution is 7.22. The molecule has 552 valence electrons. The molecule has 8 aromatic heterocycles. The quantitative estimate of drug-likeness (QED) is 0.0553. The Hall–Kier alpha value is -7.73. The lowest BCUT2D eigenvalue weighted by molar-refractivity contribution is 0.0690. The molecular formula is C80H102N12O5S4Si4. The Kier molecular flexibility index (Phi) is 25.2. The van der Waals surface area contributed by atoms with E-state index >= 15 is 0 Å². The molecule has 10 N–H and O–H groups in total. The highest BCUT2D eigenvalue weighted by Gasteiger charge is 2.31. The number of nitrogens with one attached hydrogen (secondary N) is 7. The van der Waals surface area contributed by atoms with Gasteiger partial charge in [-0.15, -0.1) is 45.3 Å². The van der Waals surface area contributed by atoms with Crippen LogP contribution in [0.5, 0.6) is 0 Å². The lowest BCUT2D eigenvalue weighted by Crippen LogP contribution is -2.35. The number of nitrogens with two attached hydrogens (primary N) is 1. The first-order valence-corrected chi connectivity index (χ1v) is 54.4. The summed E-state index contributed by atoms with van der Waals surface area (Å²) in [6.07, 6.45) is 14.4. The number of rotatable bonds is 11. The number of carboxylic acids is 1. The lowest BCUT2D eigenvalue weighted by Gasteiger charge is -2.19. The standard InChI is InChI=1S/3C20H25N3OSSi.C12H8N2O2S.C8H19NSi/c3*1-26(2)11-6-9-15(10-12-26)21-19(24)16-13-17-18(22-16)23-20(25-17)14-7-4-3-5-8-14;15-12(16)8-6-9-10(13-8)14-11(17-9)7-4-2-1-3-5-7;1-10(2)6-3-4-8(9)5-7-10/h3*3-5,7-8,13,15,22H,6,9-12H2,1-2H3,(H,21,24);1-6,13H,(H,15,16);8H,3-7,9H2,1-2H3/t2*15-;;;/m10.../s1. The zero-order chi connectivity index (χ0) is 73.9. The third-order valence-corrected chi connectivity index (χ3v) is 38.7. The molecule has 105 heavy (non-hydrogen) atoms. The molecule has 4 atom stereocenters. The molecule has 4 aliphatic rings. The summed E-state index contributed by atoms with van der Waals surface area (Å²) in [7, 11) is -3.87. The summed E-state index contributed by atoms with van der Waals surface area (Å²) in [5, 5.41) is 22.4. The van der Waals surface area contributed by atoms with E-state index in [1.54, 1.807) is 40.1 Å². The van der Waals surface area contributed by atoms with E-state index < -0.39 is 38.3 Å². The second kappa shape index (κ2) is 34.4. The first kappa shape index (κ1) is 76.9. The van der Waals surface area contributed by atoms with Gasteiger partial charge in [-0.2, -0.15) is 0 Å². The topological polar surface area (TPSA) is 265 Å². The largest absolute Gasteiger partial charge is 0.477 e. The Morgan fingerprint density at radius 3 is 0.876 bits per heavy atom. The molecule has 2 unspecified atom stereocenters. The second-order valence-corrected chi connectivity index (χ2v) is 57.5. The van der Waals surface area contributed by atoms with Crippen molar-refractivity contribution in [1.82, 2.24) is 55.8 Å². The lowest BCUT2D eigenvalue weighted by atomic mass is 10.1. The summed E-state index contributed by atoms with van der Waals surface area (Å²) in [4.78, 5) is 79.5. The maximum absolute atomic E-state index is 12.7. The SMILES string of the molecule is C[Si]1(C)CCCC(N)CC1.C[Si]1(C)CCCC(NC(=O)c2cc3sc(-c4ccccc4)nc3[nH]2)CC1.C[Si]1(C)CCC[C@@H](NC(=O)c2cc3sc(-c4ccccc4)nc3[nH]2)CC1.C[Si]1(C)CCC[C@H](NC(=O)c2cc3sc(-c4ccccc4)nc3[nH]2)CC1.O=C(O)c1cc2sc(-c3ccccc3)nc2[nH]1. The van der Waals surface area contributed by atoms with Gasteiger partial charge in [0.15, 0.2) is 0 Å². The van der Waals surface area contributed by atoms with Gasteiger partial charge in [0.1, 0.15) is 65.4 Å². The Bertz CT molecular complexity index is 4380. The number of aromatic amines is 4. The highest BCUT2D eigenvalue weighted by atomic mass is 32.1. The number of carboxylic acid groups (broad SMARTS) is 1. The fraction of sp³-hybridized carbons (Fsp3) is 0.400. The Balaban J connectivity index is 0.000000127. The zero-order valence-electron chi connectivity index (χ0n) is 61.9. The smallest absolute Gasteiger partial charge is 0.352 e. The molecule has 0 bridgehead atoms. The molecule has 4 fully saturated rings. The predicted molar refractivity (Wildman–Crippen MR) is 450 cm³/mol. The number of fused-ring (bicyclic) bond motifs is 4. The number of hydrogen-bond acceptors (Lipinski definition) is 13. The van der Waals surface area contributed by atoms with E-state index in [1.165, 1.54) is 98.2 Å². The van der Waals surface area contributed by atoms with Crippen LogP contribution in [0.25, 0.3) is 83.7 Å². The average molecular weight is 1550 g/mol. The van der Waals surface area contributed by atoms with Gasteiger partial charge in [-0.05, 0) is 75.6 Å². The van der Waals surface area contributed by atoms with Crippen LogP contribution in [0.15, 0.2) is 146 Å². The first-order chi connectivity index (χ1) is 50.3. The van der Waals surface area contributed by atoms with Crippen LogP contribution in [0.1, 0.15) is 119 Å². The molecule has 4 aromatic carbocycles. The van der Waals surface area contributed by atoms with E-state index in [-0.39, 0.29) is 23.4 Å². The molecule has 25 heteroatoms. The van der Waals surface area contributed by atoms with Crippen LogP contribution >= 0.6 is 45.3 Å². The maximum Gasteiger partial charge on any atom is 0.352 e. The molecule has 0 saturated carbocycles. The molecular weight excluding hydrogens is 1450 g/mol. The van der Waals surface area contributed by atoms with Crippen molar-refractivity contribution in [2.45, 2.75) is 202 Å². The van der Waals surface area contributed by atoms with Gasteiger partial charge in [-0.1, -0.05) is 248 Å². The fourth-order valence-electron chi connectivity index (χ4n) is 14.4. The van der Waals surface area contributed by atoms with Gasteiger partial charge in [0, 0.05) is 78.7 Å². The van der Waals surface area contributed by atoms with E-state index in [2.05, 4.69) is 145 Å². The fourth-order valence-corrected chi connectivity index (χ4v) is 28.5. The number of H-pyrrole nitrogens is 4. The number of carbonyl (C=O) groups is 4. The van der Waals surface area contributed by atoms with Crippen LogP contribution in [0.3, 0.4) is 0 Å². The van der Waals surface area contributed by atoms with Crippen LogP contribution in [0, 0.1) is 0 Å². The van der Waals surface area contributed by atoms with Crippen molar-refractivity contribution in [2.24, 2.45) is 5.73 Å². The van der Waals surface area contributed by atoms with Gasteiger partial charge < -0.3 is 46.7 Å². The predicted octanol–water partition coefficient (Wildman–Crippen LogP) is 21.0. The molecule has 0 aliphatic carbocycles. The molecule has 0 radical (unpaired) electrons. The molecule has 3 amide bonds. The molecule has 16 rings (SSSR count). The monoisotopic (exact) mass is 1550 g/mol. The number of aromatic nitrogens is 8. The number of aromatic carboxylic acids is 1. The number of hydrogen-bond donors (Lipinski definition) is 9. The molecule has 17 nitrogen and oxygen atoms in total. The normalized spacial score (nSPS) is 19.8. The van der Waals surface area contributed by atoms with Crippen LogP contribution in [0.4, 0.5) is 0 Å². The van der Waals surface area contributed by atoms with E-state index in [1.807, 2.05) is 103 Å². The average Bonchev–Trinajstić information content (AvgIpc) is 1.67. The van der Waals surface area contributed by atoms with Crippen molar-refractivity contribution < 1.29 is 24.3 Å². The maximum atomic E-state index is 12.7. The summed E-state index contributed by atoms with van der Waals surface area (Å²) >= 11 is 6.35. The molecule has 12 aromatic rings. The van der Waals surface area contributed by atoms with Crippen LogP contribution < -0.4 is 21.7 Å². The minimum Gasteiger partial charge on any atom is -0.477 e. The first-order valence-electron chi connectivity index (χ1n) is 37.5. The summed E-state index contributed by atoms with van der Waals surface area (Å²) < 4.78 is 3.96. The van der Waals surface area contributed by atoms with Gasteiger partial charge in [0.05, 0.1) is 18.8 Å². The van der Waals surface area contributed by atoms with E-state index in [9.17, 15) is 19.2 Å². The van der Waals surface area contributed by atoms with Crippen molar-refractivity contribution in [1.29, 1.82) is 0 Å². The Labute approximate surface area is 636 Å². The highest BCUT2D eigenvalue weighted by Crippen LogP contribution is 2.37. The van der Waals surface area contributed by atoms with Crippen LogP contribution in [-0.2, 0) is 0 Å². The van der Waals surface area contributed by atoms with Crippen molar-refractivity contribution in [3.63, 3.8) is 0 Å². The summed E-state index contributed by atoms with van der Waals surface area (Å²) in [5.74, 6) is -0.954. The number of nitrogens with zero attached hydrogens (tertiary/aromatic N) is 4. The van der Waals surface area contributed by atoms with Crippen LogP contribution in [0.2, 0.25) is 101 Å². The third-order valence-electron chi connectivity index (χ3n) is 21.1. The molecule has 12 heterocycles. The van der Waals surface area contributed by atoms with Crippen molar-refractivity contribution in [3.8, 4) is 42.3 Å². The van der Waals surface area contributed by atoms with Gasteiger partial charge >= 0.3 is 5.97 Å². The van der Waals surface area contributed by atoms with Crippen molar-refractivity contribution >= 4 is 143 Å². The third kappa shape index (κ3) is 21.3. The number of thiazole rings is 4. The minimum atomic E-state index is -1.03. The van der Waals surface area contributed by atoms with Crippen LogP contribution in [-0.4, -0.2) is 125 Å². The van der Waals surface area contributed by atoms with Crippen molar-refractivity contribution in [3.05, 3.63) is 168 Å². The van der Waals surface area contributed by atoms with Gasteiger partial charge in [-0.3, -0.25) is 14.4 Å². The van der Waals surface area contributed by atoms with Gasteiger partial charge in [0.2, 0.25) is 0 Å². The summed E-state index contributed by atoms with van der Waals surface area (Å²) in [5.41, 5.74) is 15.3. The van der Waals surface area contributed by atoms with Gasteiger partial charge in [0.25, 0.3) is 17.7 Å². The minimum absolute atomic E-state index is 0.00262. The number of benzene rings is 4. The number of carbonyl (C=O) groups excluding carboxylic acids is 3. The second-order valence-electron chi connectivity index (χ2n) is 32.1. The van der Waals surface area contributed by atoms with Crippen molar-refractivity contribution in [2.75, 3.05) is 0 Å². The molecule has 4 aliphatic heterocycles. The van der Waals surface area contributed by atoms with E-state index in [0.29, 0.717) is 46.9 Å². The summed E-state index contributed by atoms with van der Waals surface area (Å²) in [6.45, 7) is 19.8. The van der Waals surface area contributed by atoms with Gasteiger partial charge in [-0.25, -0.2) is 24.7 Å². The molecule has 4 saturated heterocycles. The Morgan fingerprint density at radius 2 is 0.610 bits per heavy atom. The number of amides is 3. The summed E-state index contributed by atoms with van der Waals surface area (Å²) in [6, 6.07) is 60.1. The Morgan fingerprint density at radius 1 is 0.362 bits per heavy atom. The van der Waals surface area contributed by atoms with E-state index in [4.69, 9.17) is 10.8 Å². The molecule has 0 spiro atoms. The zero-order valence-corrected chi connectivity index (χ0v) is 69.2.